The van der Waals surface area contributed by atoms with Gasteiger partial charge in [-0.15, -0.1) is 0 Å². The predicted molar refractivity (Wildman–Crippen MR) is 61.5 cm³/mol. The highest BCUT2D eigenvalue weighted by Gasteiger charge is 2.19. The molecule has 1 aliphatic rings. The number of rotatable bonds is 3. The summed E-state index contributed by atoms with van der Waals surface area (Å²) in [5.74, 6) is 0. The minimum atomic E-state index is -3.14. The highest BCUT2D eigenvalue weighted by Crippen LogP contribution is 2.23. The highest BCUT2D eigenvalue weighted by molar-refractivity contribution is 7.88. The molecule has 1 aromatic rings. The van der Waals surface area contributed by atoms with Crippen LogP contribution in [0.4, 0.5) is 0 Å². The summed E-state index contributed by atoms with van der Waals surface area (Å²) in [6.45, 7) is 0.308. The third-order valence-electron chi connectivity index (χ3n) is 2.95. The lowest BCUT2D eigenvalue weighted by Crippen LogP contribution is -2.22. The van der Waals surface area contributed by atoms with Crippen LogP contribution in [0.2, 0.25) is 0 Å². The standard InChI is InChI=1S/C10H17N3O2S/c1-13-10-6-4-3-5-8(10)9(12-13)7-11-16(2,14)15/h11H,3-7H2,1-2H3. The minimum Gasteiger partial charge on any atom is -0.272 e. The van der Waals surface area contributed by atoms with E-state index in [1.165, 1.54) is 30.4 Å². The number of nitrogens with one attached hydrogen (secondary N) is 1. The second-order valence-corrected chi connectivity index (χ2v) is 6.13. The fraction of sp³-hybridized carbons (Fsp3) is 0.700. The molecular weight excluding hydrogens is 226 g/mol. The van der Waals surface area contributed by atoms with Crippen molar-refractivity contribution >= 4 is 10.0 Å². The van der Waals surface area contributed by atoms with Gasteiger partial charge < -0.3 is 0 Å². The molecule has 2 rings (SSSR count). The van der Waals surface area contributed by atoms with Gasteiger partial charge in [-0.2, -0.15) is 5.10 Å². The SMILES string of the molecule is Cn1nc(CNS(C)(=O)=O)c2c1CCCC2. The van der Waals surface area contributed by atoms with Gasteiger partial charge in [0.15, 0.2) is 0 Å². The molecular formula is C10H17N3O2S. The van der Waals surface area contributed by atoms with Crippen molar-refractivity contribution in [2.24, 2.45) is 7.05 Å². The Labute approximate surface area is 95.9 Å². The van der Waals surface area contributed by atoms with Crippen LogP contribution in [0.3, 0.4) is 0 Å². The second kappa shape index (κ2) is 4.18. The van der Waals surface area contributed by atoms with Gasteiger partial charge in [-0.3, -0.25) is 4.68 Å². The third kappa shape index (κ3) is 2.44. The smallest absolute Gasteiger partial charge is 0.209 e. The van der Waals surface area contributed by atoms with Gasteiger partial charge in [0.05, 0.1) is 18.5 Å². The molecule has 90 valence electrons. The van der Waals surface area contributed by atoms with Gasteiger partial charge in [-0.25, -0.2) is 13.1 Å². The van der Waals surface area contributed by atoms with Gasteiger partial charge in [-0.1, -0.05) is 0 Å². The molecule has 0 radical (unpaired) electrons. The van der Waals surface area contributed by atoms with Crippen LogP contribution in [0, 0.1) is 0 Å². The summed E-state index contributed by atoms with van der Waals surface area (Å²) in [6.07, 6.45) is 5.61. The molecule has 0 bridgehead atoms. The van der Waals surface area contributed by atoms with Crippen molar-refractivity contribution in [2.45, 2.75) is 32.2 Å². The van der Waals surface area contributed by atoms with Crippen LogP contribution in [0.25, 0.3) is 0 Å². The Morgan fingerprint density at radius 2 is 2.06 bits per heavy atom. The first kappa shape index (κ1) is 11.6. The van der Waals surface area contributed by atoms with Crippen molar-refractivity contribution < 1.29 is 8.42 Å². The second-order valence-electron chi connectivity index (χ2n) is 4.30. The van der Waals surface area contributed by atoms with Gasteiger partial charge in [0.1, 0.15) is 0 Å². The highest BCUT2D eigenvalue weighted by atomic mass is 32.2. The zero-order valence-corrected chi connectivity index (χ0v) is 10.5. The zero-order chi connectivity index (χ0) is 11.8. The summed E-state index contributed by atoms with van der Waals surface area (Å²) in [6, 6.07) is 0. The largest absolute Gasteiger partial charge is 0.272 e. The molecule has 0 unspecified atom stereocenters. The number of fused-ring (bicyclic) bond motifs is 1. The summed E-state index contributed by atoms with van der Waals surface area (Å²) in [5, 5.41) is 4.39. The maximum atomic E-state index is 11.0. The lowest BCUT2D eigenvalue weighted by molar-refractivity contribution is 0.585. The number of sulfonamides is 1. The predicted octanol–water partition coefficient (Wildman–Crippen LogP) is 0.348. The Balaban J connectivity index is 2.22. The van der Waals surface area contributed by atoms with Crippen molar-refractivity contribution in [1.82, 2.24) is 14.5 Å². The number of aromatic nitrogens is 2. The summed E-state index contributed by atoms with van der Waals surface area (Å²) in [7, 11) is -1.21. The fourth-order valence-corrected chi connectivity index (χ4v) is 2.60. The van der Waals surface area contributed by atoms with Crippen molar-refractivity contribution in [1.29, 1.82) is 0 Å². The molecule has 6 heteroatoms. The van der Waals surface area contributed by atoms with Crippen molar-refractivity contribution in [3.8, 4) is 0 Å². The molecule has 0 fully saturated rings. The van der Waals surface area contributed by atoms with Gasteiger partial charge in [-0.05, 0) is 31.2 Å². The van der Waals surface area contributed by atoms with E-state index in [1.54, 1.807) is 0 Å². The monoisotopic (exact) mass is 243 g/mol. The van der Waals surface area contributed by atoms with Crippen LogP contribution in [-0.2, 0) is 36.5 Å². The average Bonchev–Trinajstić information content (AvgIpc) is 2.53. The van der Waals surface area contributed by atoms with Crippen LogP contribution in [0.15, 0.2) is 0 Å². The Kier molecular flexibility index (Phi) is 3.03. The molecule has 1 aromatic heterocycles. The Morgan fingerprint density at radius 1 is 1.38 bits per heavy atom. The quantitative estimate of drug-likeness (QED) is 0.833. The molecule has 0 spiro atoms. The molecule has 0 aromatic carbocycles. The molecule has 0 saturated heterocycles. The maximum absolute atomic E-state index is 11.0. The van der Waals surface area contributed by atoms with Gasteiger partial charge >= 0.3 is 0 Å². The van der Waals surface area contributed by atoms with E-state index in [2.05, 4.69) is 9.82 Å². The van der Waals surface area contributed by atoms with E-state index in [0.717, 1.165) is 18.5 Å². The van der Waals surface area contributed by atoms with E-state index in [4.69, 9.17) is 0 Å². The lowest BCUT2D eigenvalue weighted by Gasteiger charge is -2.12. The Hall–Kier alpha value is -0.880. The molecule has 0 atom stereocenters. The van der Waals surface area contributed by atoms with Gasteiger partial charge in [0.25, 0.3) is 0 Å². The van der Waals surface area contributed by atoms with Gasteiger partial charge in [0, 0.05) is 12.7 Å². The number of hydrogen-bond donors (Lipinski definition) is 1. The number of aryl methyl sites for hydroxylation is 1. The minimum absolute atomic E-state index is 0.308. The number of nitrogens with zero attached hydrogens (tertiary/aromatic N) is 2. The first-order chi connectivity index (χ1) is 7.47. The maximum Gasteiger partial charge on any atom is 0.209 e. The van der Waals surface area contributed by atoms with Crippen LogP contribution in [0.1, 0.15) is 29.8 Å². The fourth-order valence-electron chi connectivity index (χ4n) is 2.20. The van der Waals surface area contributed by atoms with E-state index >= 15 is 0 Å². The molecule has 5 nitrogen and oxygen atoms in total. The normalized spacial score (nSPS) is 16.1. The molecule has 1 heterocycles. The van der Waals surface area contributed by atoms with Gasteiger partial charge in [0.2, 0.25) is 10.0 Å². The van der Waals surface area contributed by atoms with Crippen LogP contribution in [0.5, 0.6) is 0 Å². The summed E-state index contributed by atoms with van der Waals surface area (Å²) >= 11 is 0. The number of hydrogen-bond acceptors (Lipinski definition) is 3. The van der Waals surface area contributed by atoms with Crippen molar-refractivity contribution in [3.05, 3.63) is 17.0 Å². The van der Waals surface area contributed by atoms with E-state index in [0.29, 0.717) is 6.54 Å². The molecule has 16 heavy (non-hydrogen) atoms. The van der Waals surface area contributed by atoms with E-state index in [1.807, 2.05) is 11.7 Å². The molecule has 0 amide bonds. The zero-order valence-electron chi connectivity index (χ0n) is 9.65. The van der Waals surface area contributed by atoms with Crippen molar-refractivity contribution in [3.63, 3.8) is 0 Å². The summed E-state index contributed by atoms with van der Waals surface area (Å²) in [4.78, 5) is 0. The topological polar surface area (TPSA) is 64.0 Å². The molecule has 1 aliphatic carbocycles. The molecule has 1 N–H and O–H groups in total. The summed E-state index contributed by atoms with van der Waals surface area (Å²) < 4.78 is 26.4. The Morgan fingerprint density at radius 3 is 2.75 bits per heavy atom. The third-order valence-corrected chi connectivity index (χ3v) is 3.62. The van der Waals surface area contributed by atoms with Crippen molar-refractivity contribution in [2.75, 3.05) is 6.26 Å². The average molecular weight is 243 g/mol. The van der Waals surface area contributed by atoms with Crippen LogP contribution < -0.4 is 4.72 Å². The lowest BCUT2D eigenvalue weighted by atomic mass is 9.96. The molecule has 0 aliphatic heterocycles. The first-order valence-electron chi connectivity index (χ1n) is 5.45. The van der Waals surface area contributed by atoms with E-state index in [-0.39, 0.29) is 0 Å². The molecule has 0 saturated carbocycles. The summed E-state index contributed by atoms with van der Waals surface area (Å²) in [5.41, 5.74) is 3.38. The van der Waals surface area contributed by atoms with Crippen LogP contribution >= 0.6 is 0 Å². The van der Waals surface area contributed by atoms with E-state index in [9.17, 15) is 8.42 Å². The first-order valence-corrected chi connectivity index (χ1v) is 7.35. The van der Waals surface area contributed by atoms with E-state index < -0.39 is 10.0 Å². The van der Waals surface area contributed by atoms with Crippen LogP contribution in [-0.4, -0.2) is 24.5 Å². The Bertz CT molecular complexity index is 490.